The molecule has 2 aliphatic heterocycles. The Morgan fingerprint density at radius 3 is 2.63 bits per heavy atom. The number of likely N-dealkylation sites (tertiary alicyclic amines) is 1. The Balaban J connectivity index is 1.74. The minimum Gasteiger partial charge on any atom is -0.481 e. The average Bonchev–Trinajstić information content (AvgIpc) is 2.90. The monoisotopic (exact) mass is 270 g/mol. The summed E-state index contributed by atoms with van der Waals surface area (Å²) in [5.74, 6) is -0.353. The van der Waals surface area contributed by atoms with Crippen LogP contribution in [0.3, 0.4) is 0 Å². The summed E-state index contributed by atoms with van der Waals surface area (Å²) in [4.78, 5) is 24.8. The molecule has 0 saturated carbocycles. The zero-order valence-corrected chi connectivity index (χ0v) is 11.4. The van der Waals surface area contributed by atoms with Gasteiger partial charge in [-0.1, -0.05) is 0 Å². The summed E-state index contributed by atoms with van der Waals surface area (Å²) < 4.78 is 5.26. The molecule has 2 saturated heterocycles. The van der Waals surface area contributed by atoms with Crippen molar-refractivity contribution in [1.82, 2.24) is 10.2 Å². The van der Waals surface area contributed by atoms with Crippen LogP contribution in [-0.2, 0) is 9.53 Å². The van der Waals surface area contributed by atoms with Crippen molar-refractivity contribution in [1.29, 1.82) is 0 Å². The first-order valence-electron chi connectivity index (χ1n) is 6.85. The molecule has 0 radical (unpaired) electrons. The molecule has 0 aliphatic carbocycles. The van der Waals surface area contributed by atoms with Gasteiger partial charge in [-0.05, 0) is 26.2 Å². The number of carbonyl (C=O) groups is 2. The molecule has 0 bridgehead atoms. The van der Waals surface area contributed by atoms with Crippen molar-refractivity contribution < 1.29 is 19.4 Å². The lowest BCUT2D eigenvalue weighted by Gasteiger charge is -2.36. The molecule has 6 nitrogen and oxygen atoms in total. The molecule has 2 N–H and O–H groups in total. The minimum absolute atomic E-state index is 0.0839. The second kappa shape index (κ2) is 5.77. The third-order valence-corrected chi connectivity index (χ3v) is 4.24. The molecule has 2 aliphatic rings. The van der Waals surface area contributed by atoms with Gasteiger partial charge in [-0.2, -0.15) is 0 Å². The molecule has 1 atom stereocenters. The molecule has 0 aromatic carbocycles. The van der Waals surface area contributed by atoms with Gasteiger partial charge in [0.2, 0.25) is 0 Å². The first kappa shape index (κ1) is 14.1. The van der Waals surface area contributed by atoms with Gasteiger partial charge in [-0.15, -0.1) is 0 Å². The van der Waals surface area contributed by atoms with Crippen LogP contribution in [0.25, 0.3) is 0 Å². The summed E-state index contributed by atoms with van der Waals surface area (Å²) in [7, 11) is 0. The van der Waals surface area contributed by atoms with Gasteiger partial charge in [-0.25, -0.2) is 4.79 Å². The van der Waals surface area contributed by atoms with Crippen LogP contribution >= 0.6 is 0 Å². The molecular formula is C13H22N2O4. The predicted octanol–water partition coefficient (Wildman–Crippen LogP) is 0.919. The smallest absolute Gasteiger partial charge is 0.317 e. The number of nitrogens with zero attached hydrogens (tertiary/aromatic N) is 1. The summed E-state index contributed by atoms with van der Waals surface area (Å²) >= 11 is 0. The number of piperidine rings is 1. The number of ether oxygens (including phenoxy) is 1. The second-order valence-corrected chi connectivity index (χ2v) is 5.77. The van der Waals surface area contributed by atoms with Crippen LogP contribution < -0.4 is 5.32 Å². The third-order valence-electron chi connectivity index (χ3n) is 4.24. The molecule has 0 aromatic heterocycles. The van der Waals surface area contributed by atoms with Gasteiger partial charge >= 0.3 is 12.0 Å². The standard InChI is InChI=1S/C13H22N2O4/c1-13(11(16)17)3-5-15(6-4-13)12(18)14-8-10-2-7-19-9-10/h10H,2-9H2,1H3,(H,14,18)(H,16,17). The minimum atomic E-state index is -0.768. The van der Waals surface area contributed by atoms with Crippen LogP contribution in [0.1, 0.15) is 26.2 Å². The van der Waals surface area contributed by atoms with Crippen molar-refractivity contribution in [3.63, 3.8) is 0 Å². The zero-order chi connectivity index (χ0) is 13.9. The second-order valence-electron chi connectivity index (χ2n) is 5.77. The number of carboxylic acid groups (broad SMARTS) is 1. The maximum Gasteiger partial charge on any atom is 0.317 e. The Hall–Kier alpha value is -1.30. The molecule has 108 valence electrons. The number of nitrogens with one attached hydrogen (secondary N) is 1. The lowest BCUT2D eigenvalue weighted by Crippen LogP contribution is -2.49. The summed E-state index contributed by atoms with van der Waals surface area (Å²) in [5.41, 5.74) is -0.684. The van der Waals surface area contributed by atoms with E-state index in [0.717, 1.165) is 19.6 Å². The number of carbonyl (C=O) groups excluding carboxylic acids is 1. The molecule has 2 amide bonds. The third kappa shape index (κ3) is 3.37. The lowest BCUT2D eigenvalue weighted by molar-refractivity contribution is -0.150. The summed E-state index contributed by atoms with van der Waals surface area (Å²) in [6.45, 7) is 4.91. The number of urea groups is 1. The first-order valence-corrected chi connectivity index (χ1v) is 6.85. The van der Waals surface area contributed by atoms with E-state index >= 15 is 0 Å². The molecule has 0 aromatic rings. The van der Waals surface area contributed by atoms with Crippen molar-refractivity contribution in [3.05, 3.63) is 0 Å². The van der Waals surface area contributed by atoms with Gasteiger partial charge < -0.3 is 20.1 Å². The van der Waals surface area contributed by atoms with Crippen molar-refractivity contribution in [3.8, 4) is 0 Å². The zero-order valence-electron chi connectivity index (χ0n) is 11.4. The van der Waals surface area contributed by atoms with Gasteiger partial charge in [0.1, 0.15) is 0 Å². The van der Waals surface area contributed by atoms with Crippen LogP contribution in [0.2, 0.25) is 0 Å². The van der Waals surface area contributed by atoms with E-state index in [1.807, 2.05) is 0 Å². The molecule has 1 unspecified atom stereocenters. The fraction of sp³-hybridized carbons (Fsp3) is 0.846. The quantitative estimate of drug-likeness (QED) is 0.799. The predicted molar refractivity (Wildman–Crippen MR) is 68.9 cm³/mol. The number of aliphatic carboxylic acids is 1. The van der Waals surface area contributed by atoms with Crippen LogP contribution in [0.5, 0.6) is 0 Å². The number of hydrogen-bond acceptors (Lipinski definition) is 3. The van der Waals surface area contributed by atoms with Crippen LogP contribution in [0.4, 0.5) is 4.79 Å². The average molecular weight is 270 g/mol. The van der Waals surface area contributed by atoms with Crippen molar-refractivity contribution >= 4 is 12.0 Å². The fourth-order valence-electron chi connectivity index (χ4n) is 2.50. The number of hydrogen-bond donors (Lipinski definition) is 2. The first-order chi connectivity index (χ1) is 9.01. The van der Waals surface area contributed by atoms with Crippen LogP contribution in [0.15, 0.2) is 0 Å². The summed E-state index contributed by atoms with van der Waals surface area (Å²) in [6.07, 6.45) is 2.03. The van der Waals surface area contributed by atoms with Gasteiger partial charge in [0.05, 0.1) is 12.0 Å². The van der Waals surface area contributed by atoms with Gasteiger partial charge in [-0.3, -0.25) is 4.79 Å². The van der Waals surface area contributed by atoms with Crippen LogP contribution in [0, 0.1) is 11.3 Å². The Morgan fingerprint density at radius 1 is 1.42 bits per heavy atom. The topological polar surface area (TPSA) is 78.9 Å². The molecule has 2 heterocycles. The molecular weight excluding hydrogens is 248 g/mol. The number of carboxylic acids is 1. The van der Waals surface area contributed by atoms with E-state index < -0.39 is 11.4 Å². The highest BCUT2D eigenvalue weighted by molar-refractivity contribution is 5.76. The molecule has 6 heteroatoms. The maximum atomic E-state index is 12.0. The number of rotatable bonds is 3. The van der Waals surface area contributed by atoms with E-state index in [1.54, 1.807) is 11.8 Å². The Morgan fingerprint density at radius 2 is 2.11 bits per heavy atom. The van der Waals surface area contributed by atoms with Gasteiger partial charge in [0, 0.05) is 32.2 Å². The summed E-state index contributed by atoms with van der Waals surface area (Å²) in [6, 6.07) is -0.0839. The van der Waals surface area contributed by atoms with E-state index in [-0.39, 0.29) is 6.03 Å². The van der Waals surface area contributed by atoms with Gasteiger partial charge in [0.25, 0.3) is 0 Å². The van der Waals surface area contributed by atoms with Crippen LogP contribution in [-0.4, -0.2) is 54.9 Å². The molecule has 19 heavy (non-hydrogen) atoms. The van der Waals surface area contributed by atoms with Gasteiger partial charge in [0.15, 0.2) is 0 Å². The van der Waals surface area contributed by atoms with E-state index in [4.69, 9.17) is 9.84 Å². The Kier molecular flexibility index (Phi) is 4.29. The molecule has 2 fully saturated rings. The van der Waals surface area contributed by atoms with Crippen molar-refractivity contribution in [2.24, 2.45) is 11.3 Å². The molecule has 0 spiro atoms. The van der Waals surface area contributed by atoms with E-state index in [2.05, 4.69) is 5.32 Å². The summed E-state index contributed by atoms with van der Waals surface area (Å²) in [5, 5.41) is 12.0. The van der Waals surface area contributed by atoms with Crippen molar-refractivity contribution in [2.45, 2.75) is 26.2 Å². The Labute approximate surface area is 113 Å². The number of amides is 2. The lowest BCUT2D eigenvalue weighted by atomic mass is 9.80. The Bertz CT molecular complexity index is 345. The largest absolute Gasteiger partial charge is 0.481 e. The van der Waals surface area contributed by atoms with E-state index in [1.165, 1.54) is 0 Å². The van der Waals surface area contributed by atoms with Crippen molar-refractivity contribution in [2.75, 3.05) is 32.8 Å². The highest BCUT2D eigenvalue weighted by Gasteiger charge is 2.38. The fourth-order valence-corrected chi connectivity index (χ4v) is 2.50. The highest BCUT2D eigenvalue weighted by Crippen LogP contribution is 2.30. The van der Waals surface area contributed by atoms with E-state index in [0.29, 0.717) is 38.4 Å². The SMILES string of the molecule is CC1(C(=O)O)CCN(C(=O)NCC2CCOC2)CC1. The normalized spacial score (nSPS) is 26.2. The highest BCUT2D eigenvalue weighted by atomic mass is 16.5. The van der Waals surface area contributed by atoms with E-state index in [9.17, 15) is 9.59 Å². The molecule has 2 rings (SSSR count). The maximum absolute atomic E-state index is 12.0.